The number of nitrogens with one attached hydrogen (secondary N) is 9. The Morgan fingerprint density at radius 2 is 1.02 bits per heavy atom. The summed E-state index contributed by atoms with van der Waals surface area (Å²) in [5.74, 6) is 6.97. The lowest BCUT2D eigenvalue weighted by atomic mass is 10.1. The first-order chi connectivity index (χ1) is 63.9. The van der Waals surface area contributed by atoms with Gasteiger partial charge in [0.2, 0.25) is 11.9 Å². The molecule has 4 amide bonds. The van der Waals surface area contributed by atoms with Crippen molar-refractivity contribution in [2.24, 2.45) is 0 Å². The molecule has 18 rings (SSSR count). The average Bonchev–Trinajstić information content (AvgIpc) is 1.79. The number of hydrogen-bond acceptors (Lipinski definition) is 28. The molecule has 0 radical (unpaired) electrons. The number of carbonyl (C=O) groups excluding carboxylic acids is 5. The summed E-state index contributed by atoms with van der Waals surface area (Å²) in [4.78, 5) is 129. The summed E-state index contributed by atoms with van der Waals surface area (Å²) >= 11 is 0. The standard InChI is InChI=1S/C21H18N6O3.C20H15N5O2.C18H15N5O2.C17H15N5O3.C16H14N4O3S/c28-19-10-9-17(26-27(19)12-13-30-15-6-2-1-3-7-15)21(29)25-18-14-23-20(24-18)16-8-4-5-11-22-16;26-20(25-18-13-23-19(24-18)17-5-1-2-11-22-17)14-6-8-15(9-7-14)27-16-4-3-10-21-12-16;19-9-8-13-4-6-15(7-5-13)25-12-14(24)11-17-21-18(23-22-17)16-3-1-2-10-20-16;23-15(10-11-4-5-13-14(9-11)25-8-7-24-13)19-17-20-16(21-22-17)12-3-1-2-6-18-12;1-24(22,23)12-6-4-5-11(9-12)16(21)20-14-10-18-15(19-14)13-7-2-3-8-17-13/h1-11,14H,12-13H2,(H,23,24)(H,25,29);1-13H,(H,23,24)(H,25,26);1-7,10H,8,11-12H2,(H,21,22,23);1-6,9H,7-8,10H2,(H2,19,20,21,22,23);2-10H,1H3,(H,18,19)(H,20,21). The first kappa shape index (κ1) is 89.1. The Labute approximate surface area is 745 Å². The molecule has 0 atom stereocenters. The molecular weight excluding hydrogens is 1700 g/mol. The van der Waals surface area contributed by atoms with Crippen molar-refractivity contribution >= 4 is 62.7 Å². The molecular formula is C92H77N25O13S. The molecule has 17 aromatic rings. The summed E-state index contributed by atoms with van der Waals surface area (Å²) in [5, 5.41) is 37.1. The van der Waals surface area contributed by atoms with E-state index in [0.29, 0.717) is 141 Å². The number of anilines is 4. The maximum atomic E-state index is 12.5. The van der Waals surface area contributed by atoms with Crippen molar-refractivity contribution in [3.05, 3.63) is 343 Å². The molecule has 0 saturated heterocycles. The van der Waals surface area contributed by atoms with Gasteiger partial charge in [0.15, 0.2) is 56.2 Å². The number of pyridine rings is 6. The monoisotopic (exact) mass is 1770 g/mol. The van der Waals surface area contributed by atoms with Crippen LogP contribution in [0.4, 0.5) is 23.4 Å². The number of aromatic amines is 5. The van der Waals surface area contributed by atoms with Crippen molar-refractivity contribution in [3.8, 4) is 98.2 Å². The molecule has 5 aromatic carbocycles. The van der Waals surface area contributed by atoms with E-state index < -0.39 is 21.7 Å². The van der Waals surface area contributed by atoms with Crippen LogP contribution in [0.1, 0.15) is 48.2 Å². The van der Waals surface area contributed by atoms with Crippen LogP contribution in [0.3, 0.4) is 0 Å². The minimum absolute atomic E-state index is 0.0583. The minimum atomic E-state index is -3.37. The number of nitriles is 1. The van der Waals surface area contributed by atoms with Gasteiger partial charge >= 0.3 is 0 Å². The quantitative estimate of drug-likeness (QED) is 0.0231. The van der Waals surface area contributed by atoms with E-state index in [9.17, 15) is 37.2 Å². The third-order valence-electron chi connectivity index (χ3n) is 18.1. The van der Waals surface area contributed by atoms with E-state index >= 15 is 0 Å². The number of carbonyl (C=O) groups is 5. The van der Waals surface area contributed by atoms with Crippen LogP contribution in [0.15, 0.2) is 308 Å². The number of H-pyrrole nitrogens is 5. The van der Waals surface area contributed by atoms with Crippen LogP contribution in [-0.4, -0.2) is 170 Å². The van der Waals surface area contributed by atoms with Gasteiger partial charge in [-0.3, -0.25) is 74.2 Å². The van der Waals surface area contributed by atoms with Crippen LogP contribution in [0.5, 0.6) is 34.5 Å². The number of benzene rings is 5. The van der Waals surface area contributed by atoms with Crippen molar-refractivity contribution < 1.29 is 56.1 Å². The number of ether oxygens (including phenoxy) is 5. The molecule has 0 spiro atoms. The van der Waals surface area contributed by atoms with Gasteiger partial charge in [-0.1, -0.05) is 72.8 Å². The Balaban J connectivity index is 0.000000132. The fourth-order valence-corrected chi connectivity index (χ4v) is 12.5. The summed E-state index contributed by atoms with van der Waals surface area (Å²) in [6.45, 7) is 1.45. The molecule has 1 aliphatic heterocycles. The molecule has 0 aliphatic carbocycles. The van der Waals surface area contributed by atoms with Gasteiger partial charge in [0.05, 0.1) is 61.6 Å². The van der Waals surface area contributed by atoms with Crippen LogP contribution in [0.2, 0.25) is 0 Å². The lowest BCUT2D eigenvalue weighted by molar-refractivity contribution is -0.120. The number of ketones is 1. The molecule has 12 aromatic heterocycles. The topological polar surface area (TPSA) is 519 Å². The van der Waals surface area contributed by atoms with Crippen LogP contribution in [0.25, 0.3) is 57.6 Å². The summed E-state index contributed by atoms with van der Waals surface area (Å²) in [6, 6.07) is 70.2. The predicted octanol–water partition coefficient (Wildman–Crippen LogP) is 12.3. The largest absolute Gasteiger partial charge is 0.492 e. The Morgan fingerprint density at radius 3 is 1.60 bits per heavy atom. The normalized spacial score (nSPS) is 11.0. The van der Waals surface area contributed by atoms with Gasteiger partial charge in [0.1, 0.15) is 107 Å². The van der Waals surface area contributed by atoms with Crippen LogP contribution in [-0.2, 0) is 45.2 Å². The molecule has 13 heterocycles. The number of nitrogens with zero attached hydrogens (tertiary/aromatic N) is 16. The van der Waals surface area contributed by atoms with E-state index in [0.717, 1.165) is 17.4 Å². The Kier molecular flexibility index (Phi) is 30.2. The van der Waals surface area contributed by atoms with Crippen LogP contribution in [0, 0.1) is 11.3 Å². The molecule has 131 heavy (non-hydrogen) atoms. The molecule has 9 N–H and O–H groups in total. The van der Waals surface area contributed by atoms with Gasteiger partial charge in [-0.15, -0.1) is 5.10 Å². The molecule has 0 bridgehead atoms. The van der Waals surface area contributed by atoms with E-state index in [1.54, 1.807) is 147 Å². The van der Waals surface area contributed by atoms with Crippen molar-refractivity contribution in [2.75, 3.05) is 54.0 Å². The number of rotatable bonds is 27. The highest BCUT2D eigenvalue weighted by molar-refractivity contribution is 7.90. The number of hydrogen-bond donors (Lipinski definition) is 9. The number of Topliss-reactive ketones (excluding diaryl/α,β-unsaturated/α-hetero) is 1. The van der Waals surface area contributed by atoms with E-state index in [-0.39, 0.29) is 77.9 Å². The summed E-state index contributed by atoms with van der Waals surface area (Å²) in [7, 11) is -3.37. The smallest absolute Gasteiger partial charge is 0.277 e. The summed E-state index contributed by atoms with van der Waals surface area (Å²) < 4.78 is 52.0. The second-order valence-electron chi connectivity index (χ2n) is 27.7. The van der Waals surface area contributed by atoms with Crippen LogP contribution >= 0.6 is 0 Å². The lowest BCUT2D eigenvalue weighted by Gasteiger charge is -2.18. The molecule has 0 fully saturated rings. The molecule has 39 heteroatoms. The zero-order valence-electron chi connectivity index (χ0n) is 69.3. The molecule has 1 aliphatic rings. The number of fused-ring (bicyclic) bond motifs is 1. The van der Waals surface area contributed by atoms with Crippen molar-refractivity contribution in [2.45, 2.75) is 30.7 Å². The van der Waals surface area contributed by atoms with E-state index in [1.165, 1.54) is 47.4 Å². The molecule has 0 unspecified atom stereocenters. The SMILES string of the molecule is CS(=O)(=O)c1cccc(C(=O)Nc2cnc(-c3ccccn3)[nH]2)c1.N#CCc1ccc(OCC(=O)Cc2nc(-c3ccccn3)n[nH]2)cc1.O=C(Cc1ccc2c(c1)OCCO2)Nc1n[nH]c(-c2ccccn2)n1.O=C(Nc1cnc(-c2ccccn2)[nH]1)c1ccc(=O)n(CCOc2ccccc2)n1.O=C(Nc1cnc(-c2ccccn2)[nH]1)c1ccc(Oc2cccnc2)cc1. The molecule has 0 saturated carbocycles. The van der Waals surface area contributed by atoms with Gasteiger partial charge in [-0.25, -0.2) is 33.0 Å². The fourth-order valence-electron chi connectivity index (χ4n) is 11.9. The van der Waals surface area contributed by atoms with E-state index in [1.807, 2.05) is 109 Å². The summed E-state index contributed by atoms with van der Waals surface area (Å²) in [5.41, 5.74) is 5.57. The highest BCUT2D eigenvalue weighted by Gasteiger charge is 2.20. The van der Waals surface area contributed by atoms with E-state index in [2.05, 4.69) is 123 Å². The zero-order chi connectivity index (χ0) is 90.9. The lowest BCUT2D eigenvalue weighted by Crippen LogP contribution is -2.28. The van der Waals surface area contributed by atoms with Gasteiger partial charge < -0.3 is 54.6 Å². The third kappa shape index (κ3) is 26.4. The van der Waals surface area contributed by atoms with Crippen molar-refractivity contribution in [3.63, 3.8) is 0 Å². The molecule has 654 valence electrons. The number of sulfone groups is 1. The molecule has 38 nitrogen and oxygen atoms in total. The maximum absolute atomic E-state index is 12.5. The van der Waals surface area contributed by atoms with E-state index in [4.69, 9.17) is 28.9 Å². The van der Waals surface area contributed by atoms with Gasteiger partial charge in [0, 0.05) is 60.6 Å². The van der Waals surface area contributed by atoms with Crippen LogP contribution < -0.4 is 50.5 Å². The fraction of sp³-hybridized carbons (Fsp3) is 0.0978. The third-order valence-corrected chi connectivity index (χ3v) is 19.2. The number of amides is 4. The second-order valence-corrected chi connectivity index (χ2v) is 29.7. The highest BCUT2D eigenvalue weighted by atomic mass is 32.2. The Hall–Kier alpha value is -18.2. The maximum Gasteiger partial charge on any atom is 0.277 e. The number of para-hydroxylation sites is 1. The van der Waals surface area contributed by atoms with Crippen molar-refractivity contribution in [1.82, 2.24) is 100.0 Å². The summed E-state index contributed by atoms with van der Waals surface area (Å²) in [6.07, 6.45) is 17.9. The Morgan fingerprint density at radius 1 is 0.473 bits per heavy atom. The Bertz CT molecular complexity index is 6900. The number of imidazole rings is 3. The van der Waals surface area contributed by atoms with Crippen molar-refractivity contribution in [1.29, 1.82) is 5.26 Å². The average molecular weight is 1770 g/mol. The zero-order valence-corrected chi connectivity index (χ0v) is 70.1. The van der Waals surface area contributed by atoms with Gasteiger partial charge in [-0.2, -0.15) is 20.4 Å². The minimum Gasteiger partial charge on any atom is -0.492 e. The predicted molar refractivity (Wildman–Crippen MR) is 479 cm³/mol. The first-order valence-corrected chi connectivity index (χ1v) is 41.8. The van der Waals surface area contributed by atoms with Gasteiger partial charge in [0.25, 0.3) is 23.3 Å². The highest BCUT2D eigenvalue weighted by Crippen LogP contribution is 2.32. The first-order valence-electron chi connectivity index (χ1n) is 39.9. The van der Waals surface area contributed by atoms with Gasteiger partial charge in [-0.05, 0) is 169 Å². The number of aromatic nitrogens is 20. The second kappa shape index (κ2) is 44.4.